The summed E-state index contributed by atoms with van der Waals surface area (Å²) in [5.74, 6) is -4.47. The van der Waals surface area contributed by atoms with Crippen molar-refractivity contribution >= 4 is 23.7 Å². The highest BCUT2D eigenvalue weighted by molar-refractivity contribution is 5.95. The molecule has 0 spiro atoms. The van der Waals surface area contributed by atoms with Crippen molar-refractivity contribution < 1.29 is 79.0 Å². The lowest BCUT2D eigenvalue weighted by atomic mass is 9.33. The molecule has 0 unspecified atom stereocenters. The third-order valence-corrected chi connectivity index (χ3v) is 17.2. The molecule has 4 saturated carbocycles. The van der Waals surface area contributed by atoms with Gasteiger partial charge in [0.15, 0.2) is 30.6 Å². The maximum Gasteiger partial charge on any atom is 0.335 e. The van der Waals surface area contributed by atoms with Gasteiger partial charge in [0.05, 0.1) is 11.5 Å². The number of hydrogen-bond donors (Lipinski definition) is 8. The maximum atomic E-state index is 14.8. The SMILES string of the molecule is CC1(C)[C@@H](O[C@H]2O[C@H](C(=O)O)[C@H](O)[C@H](O)[C@@H]2O[C@@H]2O[C@H](C(=O)O)[C@H](O)[C@H](O)[C@H]2O)CC[C@@]2(C)[C@H]3C(=O)C=C4[C@H]5C[C@@](C)(C(=O)O)CC[C@]5(C)CC[C@@]4(C)[C@@]3(C)CC[C@@H]12. The Morgan fingerprint density at radius 3 is 1.88 bits per heavy atom. The lowest BCUT2D eigenvalue weighted by Gasteiger charge is -2.70. The molecule has 58 heavy (non-hydrogen) atoms. The first-order valence-corrected chi connectivity index (χ1v) is 20.7. The summed E-state index contributed by atoms with van der Waals surface area (Å²) in [6.45, 7) is 14.8. The van der Waals surface area contributed by atoms with Gasteiger partial charge in [-0.2, -0.15) is 0 Å². The minimum absolute atomic E-state index is 0.0217. The van der Waals surface area contributed by atoms with Crippen LogP contribution in [0, 0.1) is 50.2 Å². The summed E-state index contributed by atoms with van der Waals surface area (Å²) in [6.07, 6.45) is -12.2. The second kappa shape index (κ2) is 14.3. The van der Waals surface area contributed by atoms with Gasteiger partial charge >= 0.3 is 17.9 Å². The van der Waals surface area contributed by atoms with Gasteiger partial charge in [0, 0.05) is 5.92 Å². The molecule has 0 aromatic rings. The van der Waals surface area contributed by atoms with E-state index in [0.29, 0.717) is 25.7 Å². The molecule has 7 rings (SSSR count). The van der Waals surface area contributed by atoms with Crippen LogP contribution in [-0.4, -0.2) is 132 Å². The molecule has 5 aliphatic carbocycles. The molecule has 0 radical (unpaired) electrons. The molecule has 0 aromatic carbocycles. The van der Waals surface area contributed by atoms with E-state index in [9.17, 15) is 60.0 Å². The van der Waals surface area contributed by atoms with Crippen LogP contribution in [-0.2, 0) is 38.1 Å². The first-order valence-electron chi connectivity index (χ1n) is 20.7. The molecule has 2 saturated heterocycles. The van der Waals surface area contributed by atoms with Crippen LogP contribution in [0.2, 0.25) is 0 Å². The number of carboxylic acids is 3. The molecule has 19 atom stereocenters. The van der Waals surface area contributed by atoms with Crippen molar-refractivity contribution in [1.29, 1.82) is 0 Å². The van der Waals surface area contributed by atoms with E-state index < -0.39 is 107 Å². The van der Waals surface area contributed by atoms with Crippen LogP contribution in [0.25, 0.3) is 0 Å². The van der Waals surface area contributed by atoms with Crippen molar-refractivity contribution in [3.63, 3.8) is 0 Å². The Kier molecular flexibility index (Phi) is 10.7. The van der Waals surface area contributed by atoms with Crippen molar-refractivity contribution in [2.45, 2.75) is 174 Å². The Hall–Kier alpha value is -2.54. The van der Waals surface area contributed by atoms with E-state index in [0.717, 1.165) is 37.7 Å². The van der Waals surface area contributed by atoms with E-state index in [-0.39, 0.29) is 34.4 Å². The van der Waals surface area contributed by atoms with Crippen LogP contribution in [0.5, 0.6) is 0 Å². The van der Waals surface area contributed by atoms with Crippen molar-refractivity contribution in [2.24, 2.45) is 50.2 Å². The molecular formula is C42H62O16. The van der Waals surface area contributed by atoms with Crippen LogP contribution in [0.4, 0.5) is 0 Å². The number of aliphatic hydroxyl groups excluding tert-OH is 5. The normalized spacial score (nSPS) is 52.6. The highest BCUT2D eigenvalue weighted by Crippen LogP contribution is 2.75. The zero-order chi connectivity index (χ0) is 42.9. The summed E-state index contributed by atoms with van der Waals surface area (Å²) in [5, 5.41) is 83.0. The zero-order valence-corrected chi connectivity index (χ0v) is 34.4. The number of ketones is 1. The van der Waals surface area contributed by atoms with Crippen LogP contribution < -0.4 is 0 Å². The van der Waals surface area contributed by atoms with Gasteiger partial charge in [0.1, 0.15) is 36.6 Å². The molecule has 8 N–H and O–H groups in total. The molecular weight excluding hydrogens is 760 g/mol. The molecule has 16 nitrogen and oxygen atoms in total. The van der Waals surface area contributed by atoms with Crippen LogP contribution in [0.1, 0.15) is 106 Å². The lowest BCUT2D eigenvalue weighted by Crippen LogP contribution is -2.68. The number of fused-ring (bicyclic) bond motifs is 7. The largest absolute Gasteiger partial charge is 0.481 e. The van der Waals surface area contributed by atoms with Gasteiger partial charge in [0.25, 0.3) is 0 Å². The third kappa shape index (κ3) is 6.25. The molecule has 326 valence electrons. The highest BCUT2D eigenvalue weighted by atomic mass is 16.8. The summed E-state index contributed by atoms with van der Waals surface area (Å²) < 4.78 is 23.4. The van der Waals surface area contributed by atoms with Gasteiger partial charge in [-0.15, -0.1) is 0 Å². The molecule has 2 heterocycles. The van der Waals surface area contributed by atoms with Gasteiger partial charge in [-0.25, -0.2) is 9.59 Å². The van der Waals surface area contributed by atoms with Gasteiger partial charge < -0.3 is 59.8 Å². The number of carbonyl (C=O) groups is 4. The standard InChI is InChI=1S/C42H62O16/c1-37(2)21-8-11-42(7)31(20(43)16-18-19-17-39(4,36(53)54)13-12-38(19,3)14-15-41(18,42)6)40(21,5)10-9-22(37)55-35-30(26(47)25(46)29(57-35)33(51)52)58-34-27(48)23(44)24(45)28(56-34)32(49)50/h16,19,21-31,34-35,44-48H,8-15,17H2,1-7H3,(H,49,50)(H,51,52)(H,53,54)/t19-,21+,22+,23+,24-,25-,26+,27-,28+,29+,30+,31-,34+,35+,38-,39+,40-,41-,42+/m1/s1. The molecule has 2 aliphatic heterocycles. The first-order chi connectivity index (χ1) is 26.8. The van der Waals surface area contributed by atoms with Gasteiger partial charge in [-0.3, -0.25) is 9.59 Å². The molecule has 0 aromatic heterocycles. The van der Waals surface area contributed by atoms with Gasteiger partial charge in [-0.1, -0.05) is 47.1 Å². The fraction of sp³-hybridized carbons (Fsp3) is 0.857. The maximum absolute atomic E-state index is 14.8. The Labute approximate surface area is 337 Å². The van der Waals surface area contributed by atoms with Crippen LogP contribution >= 0.6 is 0 Å². The molecule has 0 amide bonds. The second-order valence-corrected chi connectivity index (χ2v) is 20.6. The molecule has 6 fully saturated rings. The van der Waals surface area contributed by atoms with E-state index in [2.05, 4.69) is 27.7 Å². The smallest absolute Gasteiger partial charge is 0.335 e. The molecule has 0 bridgehead atoms. The van der Waals surface area contributed by atoms with Gasteiger partial charge in [-0.05, 0) is 110 Å². The third-order valence-electron chi connectivity index (χ3n) is 17.2. The number of hydrogen-bond acceptors (Lipinski definition) is 13. The number of carbonyl (C=O) groups excluding carboxylic acids is 1. The Morgan fingerprint density at radius 2 is 1.28 bits per heavy atom. The first kappa shape index (κ1) is 43.5. The van der Waals surface area contributed by atoms with Gasteiger partial charge in [0.2, 0.25) is 0 Å². The quantitative estimate of drug-likeness (QED) is 0.171. The fourth-order valence-electron chi connectivity index (χ4n) is 13.4. The Bertz CT molecular complexity index is 1730. The Morgan fingerprint density at radius 1 is 0.690 bits per heavy atom. The molecule has 16 heteroatoms. The number of allylic oxidation sites excluding steroid dienone is 2. The summed E-state index contributed by atoms with van der Waals surface area (Å²) in [5.41, 5.74) is -1.81. The topological polar surface area (TPSA) is 267 Å². The predicted molar refractivity (Wildman–Crippen MR) is 199 cm³/mol. The summed E-state index contributed by atoms with van der Waals surface area (Å²) in [6, 6.07) is 0. The van der Waals surface area contributed by atoms with Crippen molar-refractivity contribution in [3.05, 3.63) is 11.6 Å². The number of ether oxygens (including phenoxy) is 4. The van der Waals surface area contributed by atoms with Crippen LogP contribution in [0.3, 0.4) is 0 Å². The number of aliphatic carboxylic acids is 3. The van der Waals surface area contributed by atoms with E-state index in [1.54, 1.807) is 0 Å². The average molecular weight is 823 g/mol. The summed E-state index contributed by atoms with van der Waals surface area (Å²) >= 11 is 0. The minimum Gasteiger partial charge on any atom is -0.481 e. The van der Waals surface area contributed by atoms with Crippen molar-refractivity contribution in [1.82, 2.24) is 0 Å². The number of rotatable bonds is 7. The number of aliphatic hydroxyl groups is 5. The Balaban J connectivity index is 1.17. The monoisotopic (exact) mass is 822 g/mol. The zero-order valence-electron chi connectivity index (χ0n) is 34.4. The number of carboxylic acid groups (broad SMARTS) is 3. The van der Waals surface area contributed by atoms with E-state index in [1.165, 1.54) is 0 Å². The highest BCUT2D eigenvalue weighted by Gasteiger charge is 2.71. The van der Waals surface area contributed by atoms with E-state index in [4.69, 9.17) is 18.9 Å². The minimum atomic E-state index is -2.05. The van der Waals surface area contributed by atoms with E-state index in [1.807, 2.05) is 26.8 Å². The predicted octanol–water partition coefficient (Wildman–Crippen LogP) is 2.25. The lowest BCUT2D eigenvalue weighted by molar-refractivity contribution is -0.371. The summed E-state index contributed by atoms with van der Waals surface area (Å²) in [4.78, 5) is 51.3. The second-order valence-electron chi connectivity index (χ2n) is 20.6. The van der Waals surface area contributed by atoms with Crippen LogP contribution in [0.15, 0.2) is 11.6 Å². The van der Waals surface area contributed by atoms with E-state index >= 15 is 0 Å². The average Bonchev–Trinajstić information content (AvgIpc) is 3.13. The van der Waals surface area contributed by atoms with Crippen molar-refractivity contribution in [2.75, 3.05) is 0 Å². The summed E-state index contributed by atoms with van der Waals surface area (Å²) in [7, 11) is 0. The fourth-order valence-corrected chi connectivity index (χ4v) is 13.4. The molecule has 7 aliphatic rings. The van der Waals surface area contributed by atoms with Crippen molar-refractivity contribution in [3.8, 4) is 0 Å².